The number of nitrogens with two attached hydrogens (primary N) is 1. The molecule has 0 bridgehead atoms. The highest BCUT2D eigenvalue weighted by molar-refractivity contribution is 7.08. The van der Waals surface area contributed by atoms with Gasteiger partial charge < -0.3 is 15.6 Å². The number of amides is 1. The van der Waals surface area contributed by atoms with Gasteiger partial charge in [0.1, 0.15) is 11.4 Å². The Hall–Kier alpha value is -2.93. The normalized spacial score (nSPS) is 18.6. The van der Waals surface area contributed by atoms with Crippen molar-refractivity contribution >= 4 is 22.9 Å². The largest absolute Gasteiger partial charge is 0.378 e. The van der Waals surface area contributed by atoms with Gasteiger partial charge in [0.05, 0.1) is 0 Å². The second kappa shape index (κ2) is 9.69. The Kier molecular flexibility index (Phi) is 6.74. The van der Waals surface area contributed by atoms with Crippen LogP contribution in [-0.4, -0.2) is 21.5 Å². The number of carbonyl (C=O) groups is 1. The SMILES string of the molecule is CC(C)Cn1cc(-c2ccsc2)cc(N[C@H]2CC[C@@H](c3ccc(C(N)=O)nc3)CC2)c1=O. The second-order valence-corrected chi connectivity index (χ2v) is 9.82. The van der Waals surface area contributed by atoms with Crippen LogP contribution < -0.4 is 16.6 Å². The molecule has 7 heteroatoms. The number of aromatic nitrogens is 2. The van der Waals surface area contributed by atoms with Gasteiger partial charge in [0.15, 0.2) is 0 Å². The third-order valence-electron chi connectivity index (χ3n) is 6.10. The van der Waals surface area contributed by atoms with E-state index in [0.29, 0.717) is 29.8 Å². The molecule has 1 amide bonds. The third-order valence-corrected chi connectivity index (χ3v) is 6.78. The molecule has 32 heavy (non-hydrogen) atoms. The number of nitrogens with one attached hydrogen (secondary N) is 1. The fourth-order valence-electron chi connectivity index (χ4n) is 4.44. The third kappa shape index (κ3) is 5.10. The van der Waals surface area contributed by atoms with Gasteiger partial charge in [-0.1, -0.05) is 19.9 Å². The topological polar surface area (TPSA) is 90.0 Å². The molecule has 4 rings (SSSR count). The molecular weight excluding hydrogens is 420 g/mol. The Morgan fingerprint density at radius 1 is 1.22 bits per heavy atom. The van der Waals surface area contributed by atoms with Crippen LogP contribution in [0.15, 0.2) is 52.2 Å². The van der Waals surface area contributed by atoms with Crippen molar-refractivity contribution in [3.63, 3.8) is 0 Å². The van der Waals surface area contributed by atoms with Crippen LogP contribution in [0.4, 0.5) is 5.69 Å². The summed E-state index contributed by atoms with van der Waals surface area (Å²) in [6.45, 7) is 4.96. The molecule has 0 radical (unpaired) electrons. The molecule has 0 spiro atoms. The maximum atomic E-state index is 13.1. The molecule has 3 aromatic rings. The van der Waals surface area contributed by atoms with Crippen molar-refractivity contribution in [2.75, 3.05) is 5.32 Å². The average molecular weight is 451 g/mol. The van der Waals surface area contributed by atoms with Crippen LogP contribution in [-0.2, 0) is 6.54 Å². The molecule has 6 nitrogen and oxygen atoms in total. The van der Waals surface area contributed by atoms with Crippen molar-refractivity contribution in [2.24, 2.45) is 11.7 Å². The Bertz CT molecular complexity index is 1110. The average Bonchev–Trinajstić information content (AvgIpc) is 3.32. The van der Waals surface area contributed by atoms with Crippen molar-refractivity contribution in [1.82, 2.24) is 9.55 Å². The Labute approximate surface area is 192 Å². The lowest BCUT2D eigenvalue weighted by Crippen LogP contribution is -2.31. The Balaban J connectivity index is 1.48. The monoisotopic (exact) mass is 450 g/mol. The maximum Gasteiger partial charge on any atom is 0.273 e. The van der Waals surface area contributed by atoms with Crippen molar-refractivity contribution in [3.05, 3.63) is 69.0 Å². The van der Waals surface area contributed by atoms with Crippen LogP contribution in [0.3, 0.4) is 0 Å². The van der Waals surface area contributed by atoms with Crippen LogP contribution >= 0.6 is 11.3 Å². The lowest BCUT2D eigenvalue weighted by Gasteiger charge is -2.30. The molecule has 1 fully saturated rings. The predicted molar refractivity (Wildman–Crippen MR) is 130 cm³/mol. The van der Waals surface area contributed by atoms with E-state index in [-0.39, 0.29) is 11.6 Å². The van der Waals surface area contributed by atoms with E-state index < -0.39 is 5.91 Å². The number of carbonyl (C=O) groups excluding carboxylic acids is 1. The van der Waals surface area contributed by atoms with Gasteiger partial charge in [0.2, 0.25) is 0 Å². The van der Waals surface area contributed by atoms with Gasteiger partial charge >= 0.3 is 0 Å². The number of anilines is 1. The first-order valence-corrected chi connectivity index (χ1v) is 12.1. The zero-order chi connectivity index (χ0) is 22.7. The summed E-state index contributed by atoms with van der Waals surface area (Å²) < 4.78 is 1.84. The summed E-state index contributed by atoms with van der Waals surface area (Å²) in [4.78, 5) is 28.6. The van der Waals surface area contributed by atoms with E-state index in [4.69, 9.17) is 5.73 Å². The first-order chi connectivity index (χ1) is 15.4. The van der Waals surface area contributed by atoms with Crippen LogP contribution in [0.5, 0.6) is 0 Å². The van der Waals surface area contributed by atoms with E-state index in [0.717, 1.165) is 42.4 Å². The van der Waals surface area contributed by atoms with Gasteiger partial charge in [-0.15, -0.1) is 0 Å². The molecule has 168 valence electrons. The molecule has 1 saturated carbocycles. The van der Waals surface area contributed by atoms with E-state index in [1.54, 1.807) is 23.6 Å². The molecular formula is C25H30N4O2S. The summed E-state index contributed by atoms with van der Waals surface area (Å²) in [6.07, 6.45) is 7.74. The van der Waals surface area contributed by atoms with E-state index in [1.807, 2.05) is 22.9 Å². The number of thiophene rings is 1. The molecule has 3 N–H and O–H groups in total. The highest BCUT2D eigenvalue weighted by atomic mass is 32.1. The first-order valence-electron chi connectivity index (χ1n) is 11.2. The summed E-state index contributed by atoms with van der Waals surface area (Å²) in [5.74, 6) is 0.303. The fraction of sp³-hybridized carbons (Fsp3) is 0.400. The number of hydrogen-bond acceptors (Lipinski definition) is 5. The van der Waals surface area contributed by atoms with Crippen LogP contribution in [0, 0.1) is 5.92 Å². The van der Waals surface area contributed by atoms with Crippen LogP contribution in [0.25, 0.3) is 11.1 Å². The minimum absolute atomic E-state index is 0.0473. The van der Waals surface area contributed by atoms with Gasteiger partial charge in [-0.05, 0) is 77.6 Å². The molecule has 0 aromatic carbocycles. The highest BCUT2D eigenvalue weighted by Crippen LogP contribution is 2.34. The summed E-state index contributed by atoms with van der Waals surface area (Å²) in [7, 11) is 0. The molecule has 1 aliphatic rings. The molecule has 3 heterocycles. The molecule has 1 aliphatic carbocycles. The molecule has 0 atom stereocenters. The van der Waals surface area contributed by atoms with E-state index in [2.05, 4.69) is 41.0 Å². The zero-order valence-corrected chi connectivity index (χ0v) is 19.4. The van der Waals surface area contributed by atoms with Crippen molar-refractivity contribution in [1.29, 1.82) is 0 Å². The number of nitrogens with zero attached hydrogens (tertiary/aromatic N) is 2. The van der Waals surface area contributed by atoms with Crippen LogP contribution in [0.2, 0.25) is 0 Å². The first kappa shape index (κ1) is 22.3. The van der Waals surface area contributed by atoms with E-state index in [9.17, 15) is 9.59 Å². The molecule has 0 saturated heterocycles. The smallest absolute Gasteiger partial charge is 0.273 e. The van der Waals surface area contributed by atoms with Gasteiger partial charge in [-0.3, -0.25) is 14.6 Å². The molecule has 0 aliphatic heterocycles. The number of primary amides is 1. The number of hydrogen-bond donors (Lipinski definition) is 2. The molecule has 0 unspecified atom stereocenters. The number of pyridine rings is 2. The van der Waals surface area contributed by atoms with Crippen molar-refractivity contribution < 1.29 is 4.79 Å². The lowest BCUT2D eigenvalue weighted by atomic mass is 9.82. The fourth-order valence-corrected chi connectivity index (χ4v) is 5.10. The second-order valence-electron chi connectivity index (χ2n) is 9.04. The summed E-state index contributed by atoms with van der Waals surface area (Å²) in [5.41, 5.74) is 9.68. The minimum atomic E-state index is -0.503. The van der Waals surface area contributed by atoms with Gasteiger partial charge in [-0.2, -0.15) is 11.3 Å². The molecule has 3 aromatic heterocycles. The minimum Gasteiger partial charge on any atom is -0.378 e. The summed E-state index contributed by atoms with van der Waals surface area (Å²) >= 11 is 1.66. The van der Waals surface area contributed by atoms with Crippen LogP contribution in [0.1, 0.15) is 61.5 Å². The van der Waals surface area contributed by atoms with Crippen molar-refractivity contribution in [3.8, 4) is 11.1 Å². The summed E-state index contributed by atoms with van der Waals surface area (Å²) in [5, 5.41) is 7.73. The zero-order valence-electron chi connectivity index (χ0n) is 18.6. The highest BCUT2D eigenvalue weighted by Gasteiger charge is 2.24. The standard InChI is InChI=1S/C25H30N4O2S/c1-16(2)13-29-14-20(19-9-10-32-15-19)11-23(25(29)31)28-21-6-3-17(4-7-21)18-5-8-22(24(26)30)27-12-18/h5,8-12,14-17,21,28H,3-4,6-7,13H2,1-2H3,(H2,26,30)/t17-,21+. The van der Waals surface area contributed by atoms with Gasteiger partial charge in [0, 0.05) is 30.5 Å². The Morgan fingerprint density at radius 2 is 2.00 bits per heavy atom. The van der Waals surface area contributed by atoms with E-state index in [1.165, 1.54) is 0 Å². The van der Waals surface area contributed by atoms with Gasteiger partial charge in [0.25, 0.3) is 11.5 Å². The number of rotatable bonds is 7. The summed E-state index contributed by atoms with van der Waals surface area (Å²) in [6, 6.07) is 8.02. The van der Waals surface area contributed by atoms with Gasteiger partial charge in [-0.25, -0.2) is 0 Å². The quantitative estimate of drug-likeness (QED) is 0.538. The Morgan fingerprint density at radius 3 is 2.59 bits per heavy atom. The lowest BCUT2D eigenvalue weighted by molar-refractivity contribution is 0.0995. The predicted octanol–water partition coefficient (Wildman–Crippen LogP) is 4.87. The van der Waals surface area contributed by atoms with Crippen molar-refractivity contribution in [2.45, 2.75) is 58.0 Å². The van der Waals surface area contributed by atoms with E-state index >= 15 is 0 Å². The maximum absolute atomic E-state index is 13.1.